The third-order valence-electron chi connectivity index (χ3n) is 4.67. The summed E-state index contributed by atoms with van der Waals surface area (Å²) in [6, 6.07) is 9.60. The Bertz CT molecular complexity index is 736. The van der Waals surface area contributed by atoms with Crippen molar-refractivity contribution in [2.24, 2.45) is 0 Å². The highest BCUT2D eigenvalue weighted by atomic mass is 32.1. The average molecular weight is 429 g/mol. The standard InChI is InChI=1S/C22H29F3N2O.H2S/c1-3-4-5-6-7-12-26-15-20(28)18-13-19(17-10-8-16(2)9-11-17)27-21(14-18)22(23,24)25;/h8-11,13-14,20,26,28H,3-7,12,15H2,1-2H3;1H2/t20-;/m1./s1. The van der Waals surface area contributed by atoms with Crippen LogP contribution in [-0.2, 0) is 6.18 Å². The van der Waals surface area contributed by atoms with Crippen LogP contribution in [0.5, 0.6) is 0 Å². The number of aryl methyl sites for hydroxylation is 1. The predicted molar refractivity (Wildman–Crippen MR) is 116 cm³/mol. The molecule has 0 saturated carbocycles. The molecule has 162 valence electrons. The van der Waals surface area contributed by atoms with Gasteiger partial charge in [0, 0.05) is 12.1 Å². The highest BCUT2D eigenvalue weighted by molar-refractivity contribution is 7.59. The van der Waals surface area contributed by atoms with Crippen LogP contribution in [0.2, 0.25) is 0 Å². The molecule has 0 saturated heterocycles. The Hall–Kier alpha value is -1.57. The van der Waals surface area contributed by atoms with Gasteiger partial charge in [-0.15, -0.1) is 0 Å². The van der Waals surface area contributed by atoms with Crippen LogP contribution >= 0.6 is 13.5 Å². The zero-order valence-corrected chi connectivity index (χ0v) is 18.0. The molecule has 7 heteroatoms. The zero-order chi connectivity index (χ0) is 20.6. The molecule has 1 heterocycles. The van der Waals surface area contributed by atoms with Crippen molar-refractivity contribution in [1.29, 1.82) is 0 Å². The third kappa shape index (κ3) is 8.36. The fourth-order valence-electron chi connectivity index (χ4n) is 2.97. The monoisotopic (exact) mass is 428 g/mol. The summed E-state index contributed by atoms with van der Waals surface area (Å²) < 4.78 is 39.9. The minimum Gasteiger partial charge on any atom is -0.387 e. The number of aliphatic hydroxyl groups is 1. The van der Waals surface area contributed by atoms with Crippen LogP contribution < -0.4 is 5.32 Å². The Morgan fingerprint density at radius 1 is 1.03 bits per heavy atom. The van der Waals surface area contributed by atoms with Crippen LogP contribution in [-0.4, -0.2) is 23.2 Å². The molecule has 0 aliphatic heterocycles. The number of hydrogen-bond donors (Lipinski definition) is 2. The molecule has 1 aromatic carbocycles. The van der Waals surface area contributed by atoms with Crippen LogP contribution in [0.25, 0.3) is 11.3 Å². The molecule has 0 amide bonds. The minimum atomic E-state index is -4.57. The summed E-state index contributed by atoms with van der Waals surface area (Å²) in [5, 5.41) is 13.5. The molecule has 0 aliphatic carbocycles. The maximum atomic E-state index is 13.3. The van der Waals surface area contributed by atoms with E-state index in [4.69, 9.17) is 0 Å². The number of alkyl halides is 3. The van der Waals surface area contributed by atoms with Gasteiger partial charge in [-0.05, 0) is 37.6 Å². The lowest BCUT2D eigenvalue weighted by atomic mass is 10.0. The van der Waals surface area contributed by atoms with Crippen LogP contribution in [0.3, 0.4) is 0 Å². The van der Waals surface area contributed by atoms with Crippen molar-refractivity contribution in [2.75, 3.05) is 13.1 Å². The summed E-state index contributed by atoms with van der Waals surface area (Å²) in [5.41, 5.74) is 1.05. The number of pyridine rings is 1. The normalized spacial score (nSPS) is 12.5. The summed E-state index contributed by atoms with van der Waals surface area (Å²) in [4.78, 5) is 3.77. The summed E-state index contributed by atoms with van der Waals surface area (Å²) >= 11 is 0. The van der Waals surface area contributed by atoms with Crippen LogP contribution in [0.15, 0.2) is 36.4 Å². The molecule has 3 nitrogen and oxygen atoms in total. The summed E-state index contributed by atoms with van der Waals surface area (Å²) in [5.74, 6) is 0. The van der Waals surface area contributed by atoms with Crippen molar-refractivity contribution >= 4 is 13.5 Å². The van der Waals surface area contributed by atoms with Gasteiger partial charge in [-0.3, -0.25) is 0 Å². The van der Waals surface area contributed by atoms with E-state index in [0.717, 1.165) is 31.0 Å². The molecule has 1 atom stereocenters. The molecule has 29 heavy (non-hydrogen) atoms. The molecule has 2 aromatic rings. The van der Waals surface area contributed by atoms with Gasteiger partial charge in [0.2, 0.25) is 0 Å². The molecule has 0 bridgehead atoms. The lowest BCUT2D eigenvalue weighted by molar-refractivity contribution is -0.141. The summed E-state index contributed by atoms with van der Waals surface area (Å²) in [6.45, 7) is 5.01. The largest absolute Gasteiger partial charge is 0.433 e. The Kier molecular flexibility index (Phi) is 10.7. The van der Waals surface area contributed by atoms with Gasteiger partial charge in [0.15, 0.2) is 0 Å². The van der Waals surface area contributed by atoms with Crippen molar-refractivity contribution in [3.8, 4) is 11.3 Å². The van der Waals surface area contributed by atoms with Crippen molar-refractivity contribution in [1.82, 2.24) is 10.3 Å². The maximum absolute atomic E-state index is 13.3. The molecule has 0 aliphatic rings. The summed E-state index contributed by atoms with van der Waals surface area (Å²) in [6.07, 6.45) is 0.0830. The van der Waals surface area contributed by atoms with E-state index in [9.17, 15) is 18.3 Å². The second kappa shape index (κ2) is 12.2. The highest BCUT2D eigenvalue weighted by Crippen LogP contribution is 2.32. The van der Waals surface area contributed by atoms with E-state index in [-0.39, 0.29) is 31.3 Å². The second-order valence-corrected chi connectivity index (χ2v) is 7.17. The lowest BCUT2D eigenvalue weighted by Crippen LogP contribution is -2.23. The smallest absolute Gasteiger partial charge is 0.387 e. The Labute approximate surface area is 178 Å². The van der Waals surface area contributed by atoms with Crippen molar-refractivity contribution < 1.29 is 18.3 Å². The van der Waals surface area contributed by atoms with Gasteiger partial charge in [-0.25, -0.2) is 4.98 Å². The van der Waals surface area contributed by atoms with E-state index >= 15 is 0 Å². The fourth-order valence-corrected chi connectivity index (χ4v) is 2.97. The first-order chi connectivity index (χ1) is 13.3. The van der Waals surface area contributed by atoms with Crippen molar-refractivity contribution in [2.45, 2.75) is 58.2 Å². The number of nitrogens with one attached hydrogen (secondary N) is 1. The summed E-state index contributed by atoms with van der Waals surface area (Å²) in [7, 11) is 0. The molecule has 2 N–H and O–H groups in total. The molecular formula is C22H31F3N2OS. The number of hydrogen-bond acceptors (Lipinski definition) is 3. The van der Waals surface area contributed by atoms with E-state index in [1.54, 1.807) is 12.1 Å². The highest BCUT2D eigenvalue weighted by Gasteiger charge is 2.33. The van der Waals surface area contributed by atoms with E-state index in [1.165, 1.54) is 25.3 Å². The predicted octanol–water partition coefficient (Wildman–Crippen LogP) is 5.78. The first-order valence-corrected chi connectivity index (χ1v) is 9.86. The Morgan fingerprint density at radius 3 is 2.31 bits per heavy atom. The average Bonchev–Trinajstić information content (AvgIpc) is 2.66. The topological polar surface area (TPSA) is 45.1 Å². The fraction of sp³-hybridized carbons (Fsp3) is 0.500. The SMILES string of the molecule is CCCCCCCNC[C@@H](O)c1cc(-c2ccc(C)cc2)nc(C(F)(F)F)c1.S. The van der Waals surface area contributed by atoms with Crippen LogP contribution in [0.4, 0.5) is 13.2 Å². The second-order valence-electron chi connectivity index (χ2n) is 7.17. The third-order valence-corrected chi connectivity index (χ3v) is 4.67. The van der Waals surface area contributed by atoms with Gasteiger partial charge in [0.1, 0.15) is 5.69 Å². The molecule has 0 fully saturated rings. The van der Waals surface area contributed by atoms with Crippen LogP contribution in [0.1, 0.15) is 62.0 Å². The van der Waals surface area contributed by atoms with E-state index in [1.807, 2.05) is 19.1 Å². The number of benzene rings is 1. The van der Waals surface area contributed by atoms with E-state index in [0.29, 0.717) is 5.56 Å². The quantitative estimate of drug-likeness (QED) is 0.471. The molecule has 0 unspecified atom stereocenters. The number of aliphatic hydroxyl groups excluding tert-OH is 1. The number of nitrogens with zero attached hydrogens (tertiary/aromatic N) is 1. The van der Waals surface area contributed by atoms with Crippen molar-refractivity contribution in [3.63, 3.8) is 0 Å². The van der Waals surface area contributed by atoms with Crippen molar-refractivity contribution in [3.05, 3.63) is 53.2 Å². The van der Waals surface area contributed by atoms with Gasteiger partial charge in [-0.1, -0.05) is 62.4 Å². The maximum Gasteiger partial charge on any atom is 0.433 e. The molecule has 1 aromatic heterocycles. The zero-order valence-electron chi connectivity index (χ0n) is 17.0. The molecule has 0 spiro atoms. The van der Waals surface area contributed by atoms with Gasteiger partial charge < -0.3 is 10.4 Å². The van der Waals surface area contributed by atoms with Gasteiger partial charge in [0.25, 0.3) is 0 Å². The first kappa shape index (κ1) is 25.5. The molecule has 0 radical (unpaired) electrons. The number of halogens is 3. The molecule has 2 rings (SSSR count). The van der Waals surface area contributed by atoms with E-state index < -0.39 is 18.0 Å². The van der Waals surface area contributed by atoms with Gasteiger partial charge >= 0.3 is 6.18 Å². The van der Waals surface area contributed by atoms with Gasteiger partial charge in [-0.2, -0.15) is 26.7 Å². The number of aromatic nitrogens is 1. The molecular weight excluding hydrogens is 397 g/mol. The van der Waals surface area contributed by atoms with Gasteiger partial charge in [0.05, 0.1) is 11.8 Å². The number of unbranched alkanes of at least 4 members (excludes halogenated alkanes) is 4. The Morgan fingerprint density at radius 2 is 1.69 bits per heavy atom. The number of rotatable bonds is 10. The van der Waals surface area contributed by atoms with Crippen LogP contribution in [0, 0.1) is 6.92 Å². The first-order valence-electron chi connectivity index (χ1n) is 9.86. The minimum absolute atomic E-state index is 0. The lowest BCUT2D eigenvalue weighted by Gasteiger charge is -2.16. The Balaban J connectivity index is 0.00000420. The van der Waals surface area contributed by atoms with E-state index in [2.05, 4.69) is 17.2 Å².